The van der Waals surface area contributed by atoms with Crippen LogP contribution in [0.3, 0.4) is 0 Å². The number of furan rings is 1. The third kappa shape index (κ3) is 3.43. The molecule has 4 heteroatoms. The van der Waals surface area contributed by atoms with E-state index < -0.39 is 0 Å². The molecule has 1 aromatic heterocycles. The van der Waals surface area contributed by atoms with Gasteiger partial charge in [0.05, 0.1) is 13.4 Å². The Kier molecular flexibility index (Phi) is 4.43. The number of amides is 1. The molecule has 0 spiro atoms. The fourth-order valence-corrected chi connectivity index (χ4v) is 2.38. The molecule has 1 N–H and O–H groups in total. The van der Waals surface area contributed by atoms with Crippen LogP contribution in [0, 0.1) is 0 Å². The number of ether oxygens (including phenoxy) is 1. The van der Waals surface area contributed by atoms with E-state index >= 15 is 0 Å². The highest BCUT2D eigenvalue weighted by atomic mass is 16.5. The van der Waals surface area contributed by atoms with Gasteiger partial charge in [-0.15, -0.1) is 0 Å². The Morgan fingerprint density at radius 1 is 1.09 bits per heavy atom. The first-order chi connectivity index (χ1) is 11.3. The van der Waals surface area contributed by atoms with Crippen molar-refractivity contribution in [2.75, 3.05) is 7.11 Å². The Balaban J connectivity index is 1.73. The Morgan fingerprint density at radius 3 is 2.70 bits per heavy atom. The van der Waals surface area contributed by atoms with Crippen molar-refractivity contribution in [2.45, 2.75) is 6.54 Å². The van der Waals surface area contributed by atoms with Crippen LogP contribution in [0.1, 0.15) is 16.1 Å². The van der Waals surface area contributed by atoms with Crippen LogP contribution < -0.4 is 10.1 Å². The average Bonchev–Trinajstić information content (AvgIpc) is 3.10. The van der Waals surface area contributed by atoms with E-state index in [0.717, 1.165) is 22.4 Å². The first-order valence-electron chi connectivity index (χ1n) is 7.32. The number of carbonyl (C=O) groups is 1. The number of carbonyl (C=O) groups excluding carboxylic acids is 1. The maximum Gasteiger partial charge on any atom is 0.287 e. The normalized spacial score (nSPS) is 10.3. The summed E-state index contributed by atoms with van der Waals surface area (Å²) < 4.78 is 10.6. The molecule has 116 valence electrons. The average molecular weight is 307 g/mol. The van der Waals surface area contributed by atoms with Crippen molar-refractivity contribution < 1.29 is 13.9 Å². The van der Waals surface area contributed by atoms with E-state index in [0.29, 0.717) is 12.3 Å². The summed E-state index contributed by atoms with van der Waals surface area (Å²) in [5, 5.41) is 2.87. The van der Waals surface area contributed by atoms with Crippen LogP contribution in [0.4, 0.5) is 0 Å². The van der Waals surface area contributed by atoms with Gasteiger partial charge in [-0.3, -0.25) is 4.79 Å². The van der Waals surface area contributed by atoms with Gasteiger partial charge in [0.25, 0.3) is 5.91 Å². The lowest BCUT2D eigenvalue weighted by Gasteiger charge is -2.07. The largest absolute Gasteiger partial charge is 0.497 e. The first-order valence-corrected chi connectivity index (χ1v) is 7.32. The van der Waals surface area contributed by atoms with Crippen molar-refractivity contribution >= 4 is 5.91 Å². The monoisotopic (exact) mass is 307 g/mol. The Hall–Kier alpha value is -3.01. The summed E-state index contributed by atoms with van der Waals surface area (Å²) in [7, 11) is 1.62. The molecular formula is C19H17NO3. The van der Waals surface area contributed by atoms with Crippen molar-refractivity contribution in [1.29, 1.82) is 0 Å². The predicted octanol–water partition coefficient (Wildman–Crippen LogP) is 3.89. The number of hydrogen-bond acceptors (Lipinski definition) is 3. The van der Waals surface area contributed by atoms with Crippen molar-refractivity contribution in [1.82, 2.24) is 5.32 Å². The molecule has 0 saturated heterocycles. The van der Waals surface area contributed by atoms with Gasteiger partial charge in [-0.2, -0.15) is 0 Å². The fraction of sp³-hybridized carbons (Fsp3) is 0.105. The summed E-state index contributed by atoms with van der Waals surface area (Å²) in [6.45, 7) is 0.408. The molecule has 0 bridgehead atoms. The summed E-state index contributed by atoms with van der Waals surface area (Å²) >= 11 is 0. The zero-order valence-electron chi connectivity index (χ0n) is 12.8. The second kappa shape index (κ2) is 6.83. The SMILES string of the molecule is COc1cccc(CNC(=O)c2occc2-c2ccccc2)c1. The molecule has 0 saturated carbocycles. The van der Waals surface area contributed by atoms with Crippen LogP contribution in [0.5, 0.6) is 5.75 Å². The van der Waals surface area contributed by atoms with Crippen LogP contribution in [-0.2, 0) is 6.54 Å². The molecule has 3 rings (SSSR count). The maximum absolute atomic E-state index is 12.4. The predicted molar refractivity (Wildman–Crippen MR) is 88.3 cm³/mol. The van der Waals surface area contributed by atoms with Gasteiger partial charge in [0.2, 0.25) is 0 Å². The quantitative estimate of drug-likeness (QED) is 0.778. The van der Waals surface area contributed by atoms with Crippen LogP contribution in [-0.4, -0.2) is 13.0 Å². The number of nitrogens with one attached hydrogen (secondary N) is 1. The highest BCUT2D eigenvalue weighted by Gasteiger charge is 2.16. The minimum Gasteiger partial charge on any atom is -0.497 e. The molecule has 0 atom stereocenters. The lowest BCUT2D eigenvalue weighted by atomic mass is 10.1. The summed E-state index contributed by atoms with van der Waals surface area (Å²) in [4.78, 5) is 12.4. The van der Waals surface area contributed by atoms with Crippen LogP contribution in [0.15, 0.2) is 71.3 Å². The minimum atomic E-state index is -0.239. The van der Waals surface area contributed by atoms with Crippen molar-refractivity contribution in [3.8, 4) is 16.9 Å². The third-order valence-electron chi connectivity index (χ3n) is 3.54. The molecule has 0 aliphatic heterocycles. The zero-order valence-corrected chi connectivity index (χ0v) is 12.8. The van der Waals surface area contributed by atoms with E-state index in [-0.39, 0.29) is 5.91 Å². The molecule has 0 radical (unpaired) electrons. The van der Waals surface area contributed by atoms with E-state index in [1.165, 1.54) is 6.26 Å². The van der Waals surface area contributed by atoms with Gasteiger partial charge in [-0.05, 0) is 29.3 Å². The smallest absolute Gasteiger partial charge is 0.287 e. The Bertz CT molecular complexity index is 793. The number of hydrogen-bond donors (Lipinski definition) is 1. The van der Waals surface area contributed by atoms with E-state index in [9.17, 15) is 4.79 Å². The van der Waals surface area contributed by atoms with Gasteiger partial charge in [0.15, 0.2) is 5.76 Å². The van der Waals surface area contributed by atoms with Crippen molar-refractivity contribution in [3.05, 3.63) is 78.3 Å². The molecule has 0 aliphatic carbocycles. The lowest BCUT2D eigenvalue weighted by molar-refractivity contribution is 0.0924. The topological polar surface area (TPSA) is 51.5 Å². The lowest BCUT2D eigenvalue weighted by Crippen LogP contribution is -2.22. The highest BCUT2D eigenvalue weighted by Crippen LogP contribution is 2.24. The molecule has 1 heterocycles. The Labute approximate surface area is 134 Å². The van der Waals surface area contributed by atoms with Crippen molar-refractivity contribution in [2.24, 2.45) is 0 Å². The second-order valence-electron chi connectivity index (χ2n) is 5.06. The number of benzene rings is 2. The van der Waals surface area contributed by atoms with Crippen molar-refractivity contribution in [3.63, 3.8) is 0 Å². The zero-order chi connectivity index (χ0) is 16.1. The summed E-state index contributed by atoms with van der Waals surface area (Å²) in [6, 6.07) is 19.1. The summed E-state index contributed by atoms with van der Waals surface area (Å²) in [6.07, 6.45) is 1.53. The van der Waals surface area contributed by atoms with Crippen LogP contribution in [0.2, 0.25) is 0 Å². The van der Waals surface area contributed by atoms with E-state index in [1.807, 2.05) is 54.6 Å². The van der Waals surface area contributed by atoms with E-state index in [4.69, 9.17) is 9.15 Å². The van der Waals surface area contributed by atoms with Gasteiger partial charge in [0, 0.05) is 12.1 Å². The van der Waals surface area contributed by atoms with E-state index in [1.54, 1.807) is 13.2 Å². The Morgan fingerprint density at radius 2 is 1.91 bits per heavy atom. The highest BCUT2D eigenvalue weighted by molar-refractivity contribution is 5.98. The molecule has 1 amide bonds. The third-order valence-corrected chi connectivity index (χ3v) is 3.54. The summed E-state index contributed by atoms with van der Waals surface area (Å²) in [5.74, 6) is 0.843. The van der Waals surface area contributed by atoms with Gasteiger partial charge < -0.3 is 14.5 Å². The first kappa shape index (κ1) is 14.9. The molecule has 0 unspecified atom stereocenters. The number of rotatable bonds is 5. The number of methoxy groups -OCH3 is 1. The molecule has 0 fully saturated rings. The second-order valence-corrected chi connectivity index (χ2v) is 5.06. The molecule has 0 aliphatic rings. The van der Waals surface area contributed by atoms with Crippen LogP contribution in [0.25, 0.3) is 11.1 Å². The van der Waals surface area contributed by atoms with E-state index in [2.05, 4.69) is 5.32 Å². The standard InChI is InChI=1S/C19H17NO3/c1-22-16-9-5-6-14(12-16)13-20-19(21)18-17(10-11-23-18)15-7-3-2-4-8-15/h2-12H,13H2,1H3,(H,20,21). The van der Waals surface area contributed by atoms with Crippen LogP contribution >= 0.6 is 0 Å². The fourth-order valence-electron chi connectivity index (χ4n) is 2.38. The van der Waals surface area contributed by atoms with Gasteiger partial charge in [-0.25, -0.2) is 0 Å². The van der Waals surface area contributed by atoms with Gasteiger partial charge >= 0.3 is 0 Å². The summed E-state index contributed by atoms with van der Waals surface area (Å²) in [5.41, 5.74) is 2.70. The minimum absolute atomic E-state index is 0.239. The maximum atomic E-state index is 12.4. The van der Waals surface area contributed by atoms with Gasteiger partial charge in [0.1, 0.15) is 5.75 Å². The van der Waals surface area contributed by atoms with Gasteiger partial charge in [-0.1, -0.05) is 42.5 Å². The molecule has 2 aromatic carbocycles. The molecule has 23 heavy (non-hydrogen) atoms. The molecule has 4 nitrogen and oxygen atoms in total. The molecular weight excluding hydrogens is 290 g/mol. The molecule has 3 aromatic rings.